The van der Waals surface area contributed by atoms with Crippen LogP contribution in [0.1, 0.15) is 13.8 Å². The number of hydrogen-bond acceptors (Lipinski definition) is 3. The van der Waals surface area contributed by atoms with E-state index in [1.165, 1.54) is 0 Å². The third kappa shape index (κ3) is 7.49. The Hall–Kier alpha value is -0.430. The molecule has 0 fully saturated rings. The Morgan fingerprint density at radius 1 is 1.47 bits per heavy atom. The summed E-state index contributed by atoms with van der Waals surface area (Å²) in [6.45, 7) is 3.42. The third-order valence-electron chi connectivity index (χ3n) is 1.66. The van der Waals surface area contributed by atoms with Crippen LogP contribution in [0.2, 0.25) is 0 Å². The molecule has 3 nitrogen and oxygen atoms in total. The fraction of sp³-hybridized carbons (Fsp3) is 0.875. The molecular weight excluding hydrogens is 231 g/mol. The Labute approximate surface area is 90.4 Å². The van der Waals surface area contributed by atoms with Crippen LogP contribution in [0, 0.1) is 5.92 Å². The molecular formula is C8H14F3NO2S. The first kappa shape index (κ1) is 14.6. The summed E-state index contributed by atoms with van der Waals surface area (Å²) in [5.41, 5.74) is -4.25. The van der Waals surface area contributed by atoms with Gasteiger partial charge >= 0.3 is 11.5 Å². The largest absolute Gasteiger partial charge is 0.480 e. The van der Waals surface area contributed by atoms with E-state index >= 15 is 0 Å². The van der Waals surface area contributed by atoms with Crippen molar-refractivity contribution in [2.24, 2.45) is 5.92 Å². The molecule has 0 rings (SSSR count). The number of halogens is 3. The molecule has 0 aliphatic heterocycles. The van der Waals surface area contributed by atoms with Crippen LogP contribution in [0.3, 0.4) is 0 Å². The van der Waals surface area contributed by atoms with Crippen LogP contribution in [-0.2, 0) is 4.79 Å². The number of carbonyl (C=O) groups is 1. The van der Waals surface area contributed by atoms with Gasteiger partial charge in [-0.1, -0.05) is 13.8 Å². The maximum atomic E-state index is 11.7. The van der Waals surface area contributed by atoms with E-state index in [0.29, 0.717) is 0 Å². The predicted octanol–water partition coefficient (Wildman–Crippen LogP) is 1.94. The van der Waals surface area contributed by atoms with E-state index in [1.54, 1.807) is 13.8 Å². The number of rotatable bonds is 6. The zero-order valence-corrected chi connectivity index (χ0v) is 9.28. The highest BCUT2D eigenvalue weighted by molar-refractivity contribution is 8.00. The molecule has 1 atom stereocenters. The van der Waals surface area contributed by atoms with Gasteiger partial charge in [0.15, 0.2) is 0 Å². The summed E-state index contributed by atoms with van der Waals surface area (Å²) < 4.78 is 35.1. The Balaban J connectivity index is 3.78. The molecule has 15 heavy (non-hydrogen) atoms. The normalized spacial score (nSPS) is 14.3. The Kier molecular flexibility index (Phi) is 6.04. The molecule has 0 bridgehead atoms. The van der Waals surface area contributed by atoms with Crippen molar-refractivity contribution >= 4 is 17.7 Å². The molecule has 0 spiro atoms. The second kappa shape index (κ2) is 6.22. The van der Waals surface area contributed by atoms with Gasteiger partial charge in [0.25, 0.3) is 0 Å². The molecule has 0 saturated heterocycles. The van der Waals surface area contributed by atoms with E-state index in [-0.39, 0.29) is 30.0 Å². The first-order valence-corrected chi connectivity index (χ1v) is 5.39. The average molecular weight is 245 g/mol. The molecule has 7 heteroatoms. The molecule has 1 unspecified atom stereocenters. The van der Waals surface area contributed by atoms with Gasteiger partial charge in [0.05, 0.1) is 0 Å². The predicted molar refractivity (Wildman–Crippen MR) is 52.8 cm³/mol. The lowest BCUT2D eigenvalue weighted by Crippen LogP contribution is -2.42. The highest BCUT2D eigenvalue weighted by Crippen LogP contribution is 2.29. The lowest BCUT2D eigenvalue weighted by atomic mass is 10.1. The molecule has 0 aromatic carbocycles. The quantitative estimate of drug-likeness (QED) is 0.702. The maximum Gasteiger partial charge on any atom is 0.441 e. The van der Waals surface area contributed by atoms with Crippen molar-refractivity contribution in [3.05, 3.63) is 0 Å². The minimum absolute atomic E-state index is 0.0271. The number of nitrogens with one attached hydrogen (secondary N) is 1. The molecule has 0 aromatic rings. The summed E-state index contributed by atoms with van der Waals surface area (Å²) in [5, 5.41) is 11.3. The monoisotopic (exact) mass is 245 g/mol. The second-order valence-corrected chi connectivity index (χ2v) is 4.47. The highest BCUT2D eigenvalue weighted by Gasteiger charge is 2.28. The number of alkyl halides is 3. The van der Waals surface area contributed by atoms with Crippen LogP contribution in [0.15, 0.2) is 0 Å². The van der Waals surface area contributed by atoms with Gasteiger partial charge in [0.1, 0.15) is 6.04 Å². The van der Waals surface area contributed by atoms with Crippen molar-refractivity contribution in [2.45, 2.75) is 25.4 Å². The van der Waals surface area contributed by atoms with Crippen LogP contribution in [0.25, 0.3) is 0 Å². The molecule has 0 aliphatic carbocycles. The second-order valence-electron chi connectivity index (χ2n) is 3.31. The van der Waals surface area contributed by atoms with Crippen molar-refractivity contribution in [1.29, 1.82) is 0 Å². The third-order valence-corrected chi connectivity index (χ3v) is 2.40. The maximum absolute atomic E-state index is 11.7. The minimum atomic E-state index is -4.25. The van der Waals surface area contributed by atoms with Gasteiger partial charge in [0.2, 0.25) is 0 Å². The van der Waals surface area contributed by atoms with Crippen molar-refractivity contribution < 1.29 is 23.1 Å². The number of carboxylic acids is 1. The van der Waals surface area contributed by atoms with E-state index in [2.05, 4.69) is 5.32 Å². The summed E-state index contributed by atoms with van der Waals surface area (Å²) in [7, 11) is 0. The van der Waals surface area contributed by atoms with Gasteiger partial charge in [-0.25, -0.2) is 0 Å². The molecule has 0 radical (unpaired) electrons. The summed E-state index contributed by atoms with van der Waals surface area (Å²) in [5.74, 6) is -1.37. The zero-order chi connectivity index (χ0) is 12.1. The van der Waals surface area contributed by atoms with Crippen molar-refractivity contribution in [3.63, 3.8) is 0 Å². The summed E-state index contributed by atoms with van der Waals surface area (Å²) in [4.78, 5) is 10.6. The Morgan fingerprint density at radius 2 is 2.00 bits per heavy atom. The van der Waals surface area contributed by atoms with Gasteiger partial charge in [0, 0.05) is 12.3 Å². The standard InChI is InChI=1S/C8H14F3NO2S/c1-5(2)6(7(13)14)12-3-4-15-8(9,10)11/h5-6,12H,3-4H2,1-2H3,(H,13,14). The van der Waals surface area contributed by atoms with Crippen LogP contribution < -0.4 is 5.32 Å². The van der Waals surface area contributed by atoms with Gasteiger partial charge in [-0.15, -0.1) is 0 Å². The first-order valence-electron chi connectivity index (χ1n) is 4.41. The van der Waals surface area contributed by atoms with E-state index in [1.807, 2.05) is 0 Å². The number of carboxylic acid groups (broad SMARTS) is 1. The van der Waals surface area contributed by atoms with Crippen LogP contribution >= 0.6 is 11.8 Å². The van der Waals surface area contributed by atoms with Gasteiger partial charge < -0.3 is 10.4 Å². The molecule has 0 aromatic heterocycles. The lowest BCUT2D eigenvalue weighted by Gasteiger charge is -2.17. The number of thioether (sulfide) groups is 1. The topological polar surface area (TPSA) is 49.3 Å². The molecule has 0 saturated carbocycles. The SMILES string of the molecule is CC(C)C(NCCSC(F)(F)F)C(=O)O. The zero-order valence-electron chi connectivity index (χ0n) is 8.47. The summed E-state index contributed by atoms with van der Waals surface area (Å²) in [6.07, 6.45) is 0. The summed E-state index contributed by atoms with van der Waals surface area (Å²) in [6, 6.07) is -0.793. The van der Waals surface area contributed by atoms with Crippen molar-refractivity contribution in [3.8, 4) is 0 Å². The van der Waals surface area contributed by atoms with E-state index < -0.39 is 17.5 Å². The van der Waals surface area contributed by atoms with Gasteiger partial charge in [-0.05, 0) is 17.7 Å². The van der Waals surface area contributed by atoms with E-state index in [4.69, 9.17) is 5.11 Å². The average Bonchev–Trinajstić information content (AvgIpc) is 2.00. The Bertz CT molecular complexity index is 209. The van der Waals surface area contributed by atoms with Crippen LogP contribution in [0.4, 0.5) is 13.2 Å². The fourth-order valence-corrected chi connectivity index (χ4v) is 1.44. The van der Waals surface area contributed by atoms with Gasteiger partial charge in [-0.3, -0.25) is 4.79 Å². The molecule has 0 aliphatic rings. The van der Waals surface area contributed by atoms with Crippen molar-refractivity contribution in [2.75, 3.05) is 12.3 Å². The molecule has 0 amide bonds. The number of aliphatic carboxylic acids is 1. The van der Waals surface area contributed by atoms with Crippen LogP contribution in [-0.4, -0.2) is 34.9 Å². The lowest BCUT2D eigenvalue weighted by molar-refractivity contribution is -0.140. The van der Waals surface area contributed by atoms with E-state index in [0.717, 1.165) is 0 Å². The minimum Gasteiger partial charge on any atom is -0.480 e. The first-order chi connectivity index (χ1) is 6.74. The molecule has 2 N–H and O–H groups in total. The smallest absolute Gasteiger partial charge is 0.441 e. The molecule has 90 valence electrons. The Morgan fingerprint density at radius 3 is 2.33 bits per heavy atom. The molecule has 0 heterocycles. The van der Waals surface area contributed by atoms with Crippen molar-refractivity contribution in [1.82, 2.24) is 5.32 Å². The van der Waals surface area contributed by atoms with E-state index in [9.17, 15) is 18.0 Å². The van der Waals surface area contributed by atoms with Gasteiger partial charge in [-0.2, -0.15) is 13.2 Å². The van der Waals surface area contributed by atoms with Crippen LogP contribution in [0.5, 0.6) is 0 Å². The number of hydrogen-bond donors (Lipinski definition) is 2. The fourth-order valence-electron chi connectivity index (χ4n) is 0.989. The summed E-state index contributed by atoms with van der Waals surface area (Å²) >= 11 is -0.156. The highest BCUT2D eigenvalue weighted by atomic mass is 32.2.